The number of aliphatic hydroxyl groups is 1. The SMILES string of the molecule is C=CCNCC1CCN(C(=O)N2CCC[C@@H]([C@@](O)(CCCNC(=O)OC)c3cccc(Cl)c3-c3cccc(CC)c3)C2)CC1. The number of ether oxygens (including phenoxy) is 1. The number of carbonyl (C=O) groups is 2. The first kappa shape index (κ1) is 33.8. The summed E-state index contributed by atoms with van der Waals surface area (Å²) in [4.78, 5) is 29.4. The van der Waals surface area contributed by atoms with Gasteiger partial charge in [-0.3, -0.25) is 0 Å². The maximum atomic E-state index is 13.8. The molecule has 4 rings (SSSR count). The van der Waals surface area contributed by atoms with E-state index in [1.165, 1.54) is 12.7 Å². The van der Waals surface area contributed by atoms with Crippen LogP contribution in [-0.2, 0) is 16.8 Å². The van der Waals surface area contributed by atoms with Gasteiger partial charge >= 0.3 is 12.1 Å². The number of rotatable bonds is 12. The van der Waals surface area contributed by atoms with E-state index in [2.05, 4.69) is 36.3 Å². The molecule has 0 unspecified atom stereocenters. The van der Waals surface area contributed by atoms with E-state index in [-0.39, 0.29) is 11.9 Å². The number of alkyl carbamates (subject to hydrolysis) is 1. The molecule has 2 aliphatic heterocycles. The molecule has 2 saturated heterocycles. The zero-order valence-corrected chi connectivity index (χ0v) is 27.1. The summed E-state index contributed by atoms with van der Waals surface area (Å²) in [6.45, 7) is 10.6. The maximum absolute atomic E-state index is 13.8. The molecule has 2 aromatic carbocycles. The number of piperidine rings is 2. The predicted molar refractivity (Wildman–Crippen MR) is 177 cm³/mol. The van der Waals surface area contributed by atoms with Gasteiger partial charge in [0.1, 0.15) is 0 Å². The number of hydrogen-bond acceptors (Lipinski definition) is 5. The minimum atomic E-state index is -1.27. The molecule has 3 N–H and O–H groups in total. The van der Waals surface area contributed by atoms with E-state index in [1.54, 1.807) is 0 Å². The Morgan fingerprint density at radius 1 is 1.14 bits per heavy atom. The molecular formula is C35H49ClN4O4. The normalized spacial score (nSPS) is 18.9. The molecular weight excluding hydrogens is 576 g/mol. The summed E-state index contributed by atoms with van der Waals surface area (Å²) in [6.07, 6.45) is 6.74. The van der Waals surface area contributed by atoms with Gasteiger partial charge in [0, 0.05) is 55.8 Å². The number of benzene rings is 2. The van der Waals surface area contributed by atoms with Gasteiger partial charge in [-0.05, 0) is 80.2 Å². The third-order valence-electron chi connectivity index (χ3n) is 9.27. The number of carbonyl (C=O) groups excluding carboxylic acids is 2. The van der Waals surface area contributed by atoms with Gasteiger partial charge < -0.3 is 30.3 Å². The first-order chi connectivity index (χ1) is 21.3. The molecule has 44 heavy (non-hydrogen) atoms. The number of nitrogens with one attached hydrogen (secondary N) is 2. The van der Waals surface area contributed by atoms with Crippen LogP contribution in [-0.4, -0.2) is 80.0 Å². The Hall–Kier alpha value is -3.07. The van der Waals surface area contributed by atoms with Crippen LogP contribution in [0.2, 0.25) is 5.02 Å². The van der Waals surface area contributed by atoms with E-state index >= 15 is 0 Å². The van der Waals surface area contributed by atoms with Crippen molar-refractivity contribution in [3.8, 4) is 11.1 Å². The molecule has 2 atom stereocenters. The monoisotopic (exact) mass is 624 g/mol. The highest BCUT2D eigenvalue weighted by atomic mass is 35.5. The number of likely N-dealkylation sites (tertiary alicyclic amines) is 2. The molecule has 2 heterocycles. The van der Waals surface area contributed by atoms with Crippen LogP contribution in [0, 0.1) is 11.8 Å². The standard InChI is InChI=1S/C35H49ClN4O4/c1-4-18-37-24-27-15-21-39(22-16-27)34(42)40-20-8-12-29(25-40)35(43,17-9-19-38-33(41)44-3)30-13-7-14-31(36)32(30)28-11-6-10-26(5-2)23-28/h4,6-7,10-11,13-14,23,27,29,37,43H,1,5,8-9,12,15-22,24-25H2,2-3H3,(H,38,41)/t29-,35+/m1/s1. The van der Waals surface area contributed by atoms with Crippen molar-refractivity contribution in [1.82, 2.24) is 20.4 Å². The van der Waals surface area contributed by atoms with Crippen LogP contribution in [0.15, 0.2) is 55.1 Å². The second kappa shape index (κ2) is 16.3. The number of hydrogen-bond donors (Lipinski definition) is 3. The van der Waals surface area contributed by atoms with Crippen LogP contribution in [0.1, 0.15) is 56.6 Å². The first-order valence-electron chi connectivity index (χ1n) is 16.1. The fraction of sp³-hybridized carbons (Fsp3) is 0.543. The van der Waals surface area contributed by atoms with Gasteiger partial charge in [0.05, 0.1) is 12.7 Å². The summed E-state index contributed by atoms with van der Waals surface area (Å²) < 4.78 is 4.74. The minimum absolute atomic E-state index is 0.0591. The molecule has 0 aliphatic carbocycles. The van der Waals surface area contributed by atoms with Crippen molar-refractivity contribution in [2.24, 2.45) is 11.8 Å². The second-order valence-corrected chi connectivity index (χ2v) is 12.5. The molecule has 8 nitrogen and oxygen atoms in total. The number of aryl methyl sites for hydroxylation is 1. The van der Waals surface area contributed by atoms with Crippen LogP contribution >= 0.6 is 11.6 Å². The third-order valence-corrected chi connectivity index (χ3v) is 9.58. The van der Waals surface area contributed by atoms with Gasteiger partial charge in [0.15, 0.2) is 0 Å². The summed E-state index contributed by atoms with van der Waals surface area (Å²) in [5.74, 6) is 0.356. The number of urea groups is 1. The van der Waals surface area contributed by atoms with E-state index in [4.69, 9.17) is 16.3 Å². The van der Waals surface area contributed by atoms with E-state index in [0.29, 0.717) is 43.4 Å². The highest BCUT2D eigenvalue weighted by Gasteiger charge is 2.43. The van der Waals surface area contributed by atoms with Gasteiger partial charge in [-0.25, -0.2) is 9.59 Å². The summed E-state index contributed by atoms with van der Waals surface area (Å²) >= 11 is 6.89. The largest absolute Gasteiger partial charge is 0.453 e. The molecule has 0 spiro atoms. The Kier molecular flexibility index (Phi) is 12.5. The molecule has 0 radical (unpaired) electrons. The van der Waals surface area contributed by atoms with Gasteiger partial charge in [-0.1, -0.05) is 61.0 Å². The lowest BCUT2D eigenvalue weighted by Gasteiger charge is -2.45. The van der Waals surface area contributed by atoms with Gasteiger partial charge in [-0.2, -0.15) is 0 Å². The number of amides is 3. The van der Waals surface area contributed by atoms with Crippen molar-refractivity contribution >= 4 is 23.7 Å². The molecule has 2 aromatic rings. The third kappa shape index (κ3) is 8.34. The Balaban J connectivity index is 1.58. The van der Waals surface area contributed by atoms with Crippen LogP contribution < -0.4 is 10.6 Å². The quantitative estimate of drug-likeness (QED) is 0.193. The number of nitrogens with zero attached hydrogens (tertiary/aromatic N) is 2. The number of methoxy groups -OCH3 is 1. The first-order valence-corrected chi connectivity index (χ1v) is 16.5. The zero-order chi connectivity index (χ0) is 31.5. The molecule has 2 aliphatic rings. The Bertz CT molecular complexity index is 1270. The lowest BCUT2D eigenvalue weighted by Crippen LogP contribution is -2.53. The summed E-state index contributed by atoms with van der Waals surface area (Å²) in [5, 5.41) is 19.5. The Morgan fingerprint density at radius 2 is 1.91 bits per heavy atom. The fourth-order valence-electron chi connectivity index (χ4n) is 6.76. The van der Waals surface area contributed by atoms with Crippen molar-refractivity contribution in [3.63, 3.8) is 0 Å². The highest BCUT2D eigenvalue weighted by molar-refractivity contribution is 6.33. The summed E-state index contributed by atoms with van der Waals surface area (Å²) in [6, 6.07) is 14.1. The summed E-state index contributed by atoms with van der Waals surface area (Å²) in [5.41, 5.74) is 2.47. The lowest BCUT2D eigenvalue weighted by atomic mass is 9.72. The molecule has 2 fully saturated rings. The minimum Gasteiger partial charge on any atom is -0.453 e. The Morgan fingerprint density at radius 3 is 2.64 bits per heavy atom. The van der Waals surface area contributed by atoms with Crippen molar-refractivity contribution in [2.75, 3.05) is 52.9 Å². The maximum Gasteiger partial charge on any atom is 0.406 e. The second-order valence-electron chi connectivity index (χ2n) is 12.1. The smallest absolute Gasteiger partial charge is 0.406 e. The molecule has 0 aromatic heterocycles. The Labute approximate surface area is 267 Å². The van der Waals surface area contributed by atoms with Gasteiger partial charge in [0.25, 0.3) is 0 Å². The average molecular weight is 625 g/mol. The molecule has 0 bridgehead atoms. The topological polar surface area (TPSA) is 94.1 Å². The van der Waals surface area contributed by atoms with Crippen molar-refractivity contribution < 1.29 is 19.4 Å². The zero-order valence-electron chi connectivity index (χ0n) is 26.3. The molecule has 240 valence electrons. The van der Waals surface area contributed by atoms with Crippen LogP contribution in [0.3, 0.4) is 0 Å². The average Bonchev–Trinajstić information content (AvgIpc) is 3.06. The lowest BCUT2D eigenvalue weighted by molar-refractivity contribution is -0.0564. The van der Waals surface area contributed by atoms with Crippen molar-refractivity contribution in [2.45, 2.75) is 57.5 Å². The van der Waals surface area contributed by atoms with Gasteiger partial charge in [-0.15, -0.1) is 6.58 Å². The van der Waals surface area contributed by atoms with Crippen molar-refractivity contribution in [3.05, 3.63) is 71.3 Å². The van der Waals surface area contributed by atoms with Crippen molar-refractivity contribution in [1.29, 1.82) is 0 Å². The van der Waals surface area contributed by atoms with Crippen LogP contribution in [0.25, 0.3) is 11.1 Å². The van der Waals surface area contributed by atoms with E-state index in [1.807, 2.05) is 46.2 Å². The number of halogens is 1. The summed E-state index contributed by atoms with van der Waals surface area (Å²) in [7, 11) is 1.34. The van der Waals surface area contributed by atoms with E-state index in [9.17, 15) is 14.7 Å². The van der Waals surface area contributed by atoms with Crippen LogP contribution in [0.5, 0.6) is 0 Å². The fourth-order valence-corrected chi connectivity index (χ4v) is 7.05. The predicted octanol–water partition coefficient (Wildman–Crippen LogP) is 6.21. The van der Waals surface area contributed by atoms with Crippen LogP contribution in [0.4, 0.5) is 9.59 Å². The van der Waals surface area contributed by atoms with E-state index in [0.717, 1.165) is 75.0 Å². The van der Waals surface area contributed by atoms with E-state index < -0.39 is 11.7 Å². The molecule has 0 saturated carbocycles. The highest BCUT2D eigenvalue weighted by Crippen LogP contribution is 2.45. The molecule has 9 heteroatoms. The molecule has 3 amide bonds. The van der Waals surface area contributed by atoms with Gasteiger partial charge in [0.2, 0.25) is 0 Å².